The van der Waals surface area contributed by atoms with Gasteiger partial charge in [-0.2, -0.15) is 13.5 Å². The standard InChI is InChI=1S/2C15H30OS.H2S/c2*1-2-3-4-5-6-7-8-9-10-11-12-13-14-15(16)17;/h2*2-14H2,1H3,(H,16,17);1H2. The molecule has 2 nitrogen and oxygen atoms in total. The van der Waals surface area contributed by atoms with E-state index in [1.807, 2.05) is 0 Å². The molecule has 0 aromatic rings. The highest BCUT2D eigenvalue weighted by molar-refractivity contribution is 7.96. The number of carbonyl (C=O) groups is 2. The van der Waals surface area contributed by atoms with Gasteiger partial charge in [0.25, 0.3) is 0 Å². The first kappa shape index (κ1) is 39.9. The van der Waals surface area contributed by atoms with Crippen molar-refractivity contribution in [3.8, 4) is 0 Å². The molecule has 0 saturated carbocycles. The molecule has 5 heteroatoms. The summed E-state index contributed by atoms with van der Waals surface area (Å²) in [5.74, 6) is 0. The average molecular weight is 551 g/mol. The van der Waals surface area contributed by atoms with Crippen LogP contribution in [-0.4, -0.2) is 10.2 Å². The Balaban J connectivity index is -0.000000569. The molecule has 0 fully saturated rings. The van der Waals surface area contributed by atoms with Crippen LogP contribution in [-0.2, 0) is 9.59 Å². The fraction of sp³-hybridized carbons (Fsp3) is 0.933. The third kappa shape index (κ3) is 44.8. The van der Waals surface area contributed by atoms with Gasteiger partial charge in [-0.25, -0.2) is 0 Å². The lowest BCUT2D eigenvalue weighted by Crippen LogP contribution is -1.86. The SMILES string of the molecule is CCCCCCCCCCCCCCC(=O)S.CCCCCCCCCCCCCCC(=O)S.S. The fourth-order valence-electron chi connectivity index (χ4n) is 4.23. The molecule has 0 saturated heterocycles. The van der Waals surface area contributed by atoms with Crippen molar-refractivity contribution in [2.24, 2.45) is 0 Å². The molecule has 0 aliphatic carbocycles. The third-order valence-electron chi connectivity index (χ3n) is 6.49. The minimum atomic E-state index is 0. The zero-order chi connectivity index (χ0) is 25.5. The van der Waals surface area contributed by atoms with Gasteiger partial charge >= 0.3 is 0 Å². The van der Waals surface area contributed by atoms with Crippen LogP contribution < -0.4 is 0 Å². The van der Waals surface area contributed by atoms with Crippen LogP contribution in [0.1, 0.15) is 181 Å². The predicted molar refractivity (Wildman–Crippen MR) is 170 cm³/mol. The molecular formula is C30H62O2S3. The van der Waals surface area contributed by atoms with E-state index in [2.05, 4.69) is 39.1 Å². The highest BCUT2D eigenvalue weighted by atomic mass is 32.1. The van der Waals surface area contributed by atoms with Crippen molar-refractivity contribution < 1.29 is 9.59 Å². The normalized spacial score (nSPS) is 10.4. The summed E-state index contributed by atoms with van der Waals surface area (Å²) in [5, 5.41) is 0.0779. The summed E-state index contributed by atoms with van der Waals surface area (Å²) >= 11 is 7.53. The average Bonchev–Trinajstić information content (AvgIpc) is 2.80. The molecule has 0 aromatic carbocycles. The van der Waals surface area contributed by atoms with Crippen LogP contribution in [0, 0.1) is 0 Å². The van der Waals surface area contributed by atoms with Crippen molar-refractivity contribution in [3.63, 3.8) is 0 Å². The summed E-state index contributed by atoms with van der Waals surface area (Å²) in [7, 11) is 0. The summed E-state index contributed by atoms with van der Waals surface area (Å²) in [6.45, 7) is 4.53. The van der Waals surface area contributed by atoms with Gasteiger partial charge in [0.2, 0.25) is 0 Å². The summed E-state index contributed by atoms with van der Waals surface area (Å²) in [6, 6.07) is 0. The molecule has 0 rings (SSSR count). The lowest BCUT2D eigenvalue weighted by atomic mass is 10.0. The maximum Gasteiger partial charge on any atom is 0.185 e. The van der Waals surface area contributed by atoms with Crippen molar-refractivity contribution in [2.45, 2.75) is 181 Å². The van der Waals surface area contributed by atoms with Crippen LogP contribution in [0.4, 0.5) is 0 Å². The molecule has 0 aromatic heterocycles. The summed E-state index contributed by atoms with van der Waals surface area (Å²) < 4.78 is 0. The molecule has 35 heavy (non-hydrogen) atoms. The maximum atomic E-state index is 10.6. The monoisotopic (exact) mass is 550 g/mol. The van der Waals surface area contributed by atoms with Crippen LogP contribution in [0.15, 0.2) is 0 Å². The number of hydrogen-bond acceptors (Lipinski definition) is 2. The molecule has 0 aliphatic rings. The lowest BCUT2D eigenvalue weighted by Gasteiger charge is -2.02. The van der Waals surface area contributed by atoms with E-state index in [1.165, 1.54) is 141 Å². The predicted octanol–water partition coefficient (Wildman–Crippen LogP) is 11.2. The highest BCUT2D eigenvalue weighted by Crippen LogP contribution is 2.14. The second kappa shape index (κ2) is 36.5. The molecule has 0 bridgehead atoms. The highest BCUT2D eigenvalue weighted by Gasteiger charge is 1.97. The van der Waals surface area contributed by atoms with E-state index < -0.39 is 0 Å². The van der Waals surface area contributed by atoms with Crippen molar-refractivity contribution in [1.82, 2.24) is 0 Å². The Morgan fingerprint density at radius 1 is 0.371 bits per heavy atom. The topological polar surface area (TPSA) is 34.1 Å². The van der Waals surface area contributed by atoms with Crippen molar-refractivity contribution in [3.05, 3.63) is 0 Å². The van der Waals surface area contributed by atoms with Gasteiger partial charge in [-0.15, -0.1) is 25.3 Å². The first-order valence-electron chi connectivity index (χ1n) is 15.0. The Labute approximate surface area is 238 Å². The van der Waals surface area contributed by atoms with Crippen molar-refractivity contribution in [1.29, 1.82) is 0 Å². The summed E-state index contributed by atoms with van der Waals surface area (Å²) in [6.07, 6.45) is 33.5. The van der Waals surface area contributed by atoms with E-state index in [1.54, 1.807) is 0 Å². The molecule has 0 heterocycles. The van der Waals surface area contributed by atoms with E-state index in [-0.39, 0.29) is 23.7 Å². The first-order chi connectivity index (χ1) is 16.5. The van der Waals surface area contributed by atoms with Gasteiger partial charge < -0.3 is 0 Å². The van der Waals surface area contributed by atoms with Gasteiger partial charge in [0.1, 0.15) is 0 Å². The molecule has 0 atom stereocenters. The second-order valence-corrected chi connectivity index (χ2v) is 11.1. The van der Waals surface area contributed by atoms with E-state index >= 15 is 0 Å². The molecule has 0 N–H and O–H groups in total. The lowest BCUT2D eigenvalue weighted by molar-refractivity contribution is -0.111. The van der Waals surface area contributed by atoms with E-state index in [9.17, 15) is 9.59 Å². The molecule has 0 aliphatic heterocycles. The van der Waals surface area contributed by atoms with Crippen molar-refractivity contribution >= 4 is 49.0 Å². The number of carbonyl (C=O) groups excluding carboxylic acids is 2. The van der Waals surface area contributed by atoms with E-state index in [0.29, 0.717) is 12.8 Å². The Kier molecular flexibility index (Phi) is 41.7. The second-order valence-electron chi connectivity index (χ2n) is 10.1. The van der Waals surface area contributed by atoms with Crippen LogP contribution >= 0.6 is 38.8 Å². The van der Waals surface area contributed by atoms with Gasteiger partial charge in [0.15, 0.2) is 10.2 Å². The summed E-state index contributed by atoms with van der Waals surface area (Å²) in [4.78, 5) is 21.2. The molecule has 0 radical (unpaired) electrons. The Bertz CT molecular complexity index is 378. The van der Waals surface area contributed by atoms with Gasteiger partial charge in [0, 0.05) is 12.8 Å². The number of thiol groups is 2. The zero-order valence-corrected chi connectivity index (χ0v) is 26.4. The van der Waals surface area contributed by atoms with Crippen LogP contribution in [0.5, 0.6) is 0 Å². The molecular weight excluding hydrogens is 489 g/mol. The van der Waals surface area contributed by atoms with Gasteiger partial charge in [0.05, 0.1) is 0 Å². The van der Waals surface area contributed by atoms with Gasteiger partial charge in [-0.1, -0.05) is 155 Å². The van der Waals surface area contributed by atoms with Gasteiger partial charge in [-0.05, 0) is 12.8 Å². The minimum absolute atomic E-state index is 0. The Morgan fingerprint density at radius 3 is 0.714 bits per heavy atom. The van der Waals surface area contributed by atoms with Crippen molar-refractivity contribution in [2.75, 3.05) is 0 Å². The molecule has 212 valence electrons. The fourth-order valence-corrected chi connectivity index (χ4v) is 4.55. The quantitative estimate of drug-likeness (QED) is 0.0829. The Hall–Kier alpha value is 0.390. The summed E-state index contributed by atoms with van der Waals surface area (Å²) in [5.41, 5.74) is 0. The number of hydrogen-bond donors (Lipinski definition) is 2. The number of rotatable bonds is 26. The largest absolute Gasteiger partial charge is 0.288 e. The molecule has 0 amide bonds. The minimum Gasteiger partial charge on any atom is -0.288 e. The molecule has 0 unspecified atom stereocenters. The molecule has 0 spiro atoms. The zero-order valence-electron chi connectivity index (χ0n) is 23.6. The smallest absolute Gasteiger partial charge is 0.185 e. The van der Waals surface area contributed by atoms with E-state index in [0.717, 1.165) is 12.8 Å². The van der Waals surface area contributed by atoms with Crippen LogP contribution in [0.25, 0.3) is 0 Å². The van der Waals surface area contributed by atoms with Gasteiger partial charge in [-0.3, -0.25) is 9.59 Å². The first-order valence-corrected chi connectivity index (χ1v) is 15.9. The Morgan fingerprint density at radius 2 is 0.543 bits per heavy atom. The van der Waals surface area contributed by atoms with E-state index in [4.69, 9.17) is 0 Å². The number of unbranched alkanes of at least 4 members (excludes halogenated alkanes) is 22. The van der Waals surface area contributed by atoms with Crippen LogP contribution in [0.3, 0.4) is 0 Å². The maximum absolute atomic E-state index is 10.6. The van der Waals surface area contributed by atoms with Crippen LogP contribution in [0.2, 0.25) is 0 Å². The third-order valence-corrected chi connectivity index (χ3v) is 6.94.